The second-order valence-corrected chi connectivity index (χ2v) is 14.5. The lowest BCUT2D eigenvalue weighted by molar-refractivity contribution is 0.245. The van der Waals surface area contributed by atoms with Crippen molar-refractivity contribution in [3.8, 4) is 34.3 Å². The van der Waals surface area contributed by atoms with Crippen LogP contribution in [0.4, 0.5) is 28.9 Å². The first-order valence-electron chi connectivity index (χ1n) is 18.1. The number of hydrogen-bond acceptors (Lipinski definition) is 10. The van der Waals surface area contributed by atoms with Crippen molar-refractivity contribution in [2.45, 2.75) is 25.9 Å². The van der Waals surface area contributed by atoms with Gasteiger partial charge in [-0.2, -0.15) is 0 Å². The zero-order valence-corrected chi connectivity index (χ0v) is 30.2. The van der Waals surface area contributed by atoms with Crippen LogP contribution in [0.25, 0.3) is 50.4 Å². The van der Waals surface area contributed by atoms with Crippen LogP contribution in [-0.4, -0.2) is 89.7 Å². The Hall–Kier alpha value is -5.74. The summed E-state index contributed by atoms with van der Waals surface area (Å²) in [4.78, 5) is 34.2. The fourth-order valence-electron chi connectivity index (χ4n) is 7.89. The summed E-state index contributed by atoms with van der Waals surface area (Å²) in [7, 11) is 2.00. The van der Waals surface area contributed by atoms with Crippen LogP contribution in [-0.2, 0) is 0 Å². The van der Waals surface area contributed by atoms with Gasteiger partial charge in [-0.3, -0.25) is 9.59 Å². The predicted molar refractivity (Wildman–Crippen MR) is 199 cm³/mol. The Balaban J connectivity index is 1.19. The Morgan fingerprint density at radius 2 is 1.47 bits per heavy atom. The number of anilines is 2. The Labute approximate surface area is 311 Å². The summed E-state index contributed by atoms with van der Waals surface area (Å²) in [5, 5.41) is 11.5. The van der Waals surface area contributed by atoms with E-state index in [-0.39, 0.29) is 69.3 Å². The molecule has 3 aliphatic rings. The van der Waals surface area contributed by atoms with Crippen LogP contribution < -0.4 is 30.7 Å². The molecule has 12 nitrogen and oxygen atoms in total. The molecular formula is C39H36F4N8O4. The summed E-state index contributed by atoms with van der Waals surface area (Å²) in [5.74, 6) is -3.28. The number of rotatable bonds is 5. The molecule has 3 aromatic heterocycles. The summed E-state index contributed by atoms with van der Waals surface area (Å²) in [6.07, 6.45) is 2.84. The van der Waals surface area contributed by atoms with Crippen molar-refractivity contribution in [3.05, 3.63) is 92.5 Å². The number of ether oxygens (including phenoxy) is 1. The topological polar surface area (TPSA) is 114 Å². The lowest BCUT2D eigenvalue weighted by Crippen LogP contribution is -2.49. The van der Waals surface area contributed by atoms with E-state index in [2.05, 4.69) is 20.4 Å². The Kier molecular flexibility index (Phi) is 8.42. The van der Waals surface area contributed by atoms with E-state index in [0.29, 0.717) is 55.7 Å². The number of fused-ring (bicyclic) bond motifs is 1. The van der Waals surface area contributed by atoms with E-state index in [0.717, 1.165) is 25.2 Å². The molecule has 6 aromatic rings. The van der Waals surface area contributed by atoms with Gasteiger partial charge in [-0.15, -0.1) is 10.2 Å². The molecule has 9 rings (SSSR count). The molecule has 0 bridgehead atoms. The molecule has 16 heteroatoms. The van der Waals surface area contributed by atoms with Crippen molar-refractivity contribution in [2.75, 3.05) is 69.3 Å². The second kappa shape index (κ2) is 13.2. The first kappa shape index (κ1) is 35.0. The van der Waals surface area contributed by atoms with Gasteiger partial charge in [-0.1, -0.05) is 0 Å². The third kappa shape index (κ3) is 5.82. The third-order valence-electron chi connectivity index (χ3n) is 10.8. The maximum Gasteiger partial charge on any atom is 0.253 e. The van der Waals surface area contributed by atoms with Gasteiger partial charge < -0.3 is 38.3 Å². The standard InChI is InChI=1S/C39H36F4N8O4/c1-20-16-49(7-6-44-20)32-15-31-23(13-28(32)42)35(52)26(18-51(31)30-5-4-22(40)12-27(30)41)39-46-45-38(55-39)25-17-50-21(2)19-54-37-33(50)24(36(25)53)14-29(43)34(37)48-10-8-47(3)9-11-48/h4-5,12-15,17-18,20-21,44H,6-11,16,19H2,1-3H3/t20?,21-/m1/s1. The molecule has 0 amide bonds. The largest absolute Gasteiger partial charge is 0.487 e. The number of likely N-dealkylation sites (N-methyl/N-ethyl adjacent to an activating group) is 1. The molecule has 3 aromatic carbocycles. The fourth-order valence-corrected chi connectivity index (χ4v) is 7.89. The van der Waals surface area contributed by atoms with E-state index in [9.17, 15) is 14.0 Å². The van der Waals surface area contributed by atoms with Crippen molar-refractivity contribution < 1.29 is 26.7 Å². The van der Waals surface area contributed by atoms with Crippen molar-refractivity contribution in [1.29, 1.82) is 0 Å². The quantitative estimate of drug-likeness (QED) is 0.239. The smallest absolute Gasteiger partial charge is 0.253 e. The van der Waals surface area contributed by atoms with Crippen LogP contribution in [0.2, 0.25) is 0 Å². The highest BCUT2D eigenvalue weighted by Gasteiger charge is 2.32. The molecule has 0 radical (unpaired) electrons. The number of benzene rings is 3. The van der Waals surface area contributed by atoms with Crippen LogP contribution in [0.1, 0.15) is 19.9 Å². The molecule has 284 valence electrons. The number of nitrogens with zero attached hydrogens (tertiary/aromatic N) is 7. The predicted octanol–water partition coefficient (Wildman–Crippen LogP) is 5.08. The summed E-state index contributed by atoms with van der Waals surface area (Å²) >= 11 is 0. The van der Waals surface area contributed by atoms with Gasteiger partial charge in [0.2, 0.25) is 10.9 Å². The van der Waals surface area contributed by atoms with Gasteiger partial charge in [-0.25, -0.2) is 17.6 Å². The monoisotopic (exact) mass is 756 g/mol. The van der Waals surface area contributed by atoms with Gasteiger partial charge in [0.15, 0.2) is 11.6 Å². The third-order valence-corrected chi connectivity index (χ3v) is 10.8. The molecule has 6 heterocycles. The molecular weight excluding hydrogens is 720 g/mol. The highest BCUT2D eigenvalue weighted by atomic mass is 19.1. The number of aromatic nitrogens is 4. The Morgan fingerprint density at radius 1 is 0.782 bits per heavy atom. The van der Waals surface area contributed by atoms with E-state index in [4.69, 9.17) is 9.15 Å². The number of nitrogens with one attached hydrogen (secondary N) is 1. The van der Waals surface area contributed by atoms with E-state index >= 15 is 13.2 Å². The van der Waals surface area contributed by atoms with Crippen molar-refractivity contribution in [3.63, 3.8) is 0 Å². The molecule has 0 aliphatic carbocycles. The van der Waals surface area contributed by atoms with Crippen LogP contribution in [0.3, 0.4) is 0 Å². The van der Waals surface area contributed by atoms with E-state index in [1.54, 1.807) is 6.20 Å². The van der Waals surface area contributed by atoms with Crippen molar-refractivity contribution in [2.24, 2.45) is 0 Å². The molecule has 0 spiro atoms. The second-order valence-electron chi connectivity index (χ2n) is 14.5. The minimum absolute atomic E-state index is 0.0377. The summed E-state index contributed by atoms with van der Waals surface area (Å²) < 4.78 is 76.6. The van der Waals surface area contributed by atoms with Crippen molar-refractivity contribution in [1.82, 2.24) is 29.5 Å². The van der Waals surface area contributed by atoms with Crippen molar-refractivity contribution >= 4 is 33.2 Å². The zero-order valence-electron chi connectivity index (χ0n) is 30.2. The molecule has 1 N–H and O–H groups in total. The Morgan fingerprint density at radius 3 is 2.20 bits per heavy atom. The van der Waals surface area contributed by atoms with Gasteiger partial charge in [0.05, 0.1) is 33.8 Å². The highest BCUT2D eigenvalue weighted by Crippen LogP contribution is 2.43. The zero-order chi connectivity index (χ0) is 38.3. The number of halogens is 4. The molecule has 2 saturated heterocycles. The van der Waals surface area contributed by atoms with E-state index in [1.807, 2.05) is 35.3 Å². The Bertz CT molecular complexity index is 2650. The van der Waals surface area contributed by atoms with Gasteiger partial charge in [0.1, 0.15) is 40.9 Å². The van der Waals surface area contributed by atoms with Gasteiger partial charge >= 0.3 is 0 Å². The average molecular weight is 757 g/mol. The molecule has 2 fully saturated rings. The highest BCUT2D eigenvalue weighted by molar-refractivity contribution is 5.94. The lowest BCUT2D eigenvalue weighted by Gasteiger charge is -2.37. The minimum Gasteiger partial charge on any atom is -0.487 e. The first-order chi connectivity index (χ1) is 26.5. The SMILES string of the molecule is CC1CN(c2cc3c(cc2F)c(=O)c(-c2nnc(-c4cn5c6c(c(N7CCN(C)CC7)c(F)cc6c4=O)OC[C@H]5C)o2)cn3-c2ccc(F)cc2F)CCN1. The molecule has 0 saturated carbocycles. The molecule has 55 heavy (non-hydrogen) atoms. The summed E-state index contributed by atoms with van der Waals surface area (Å²) in [6, 6.07) is 6.57. The maximum absolute atomic E-state index is 16.0. The minimum atomic E-state index is -0.928. The number of pyridine rings is 2. The summed E-state index contributed by atoms with van der Waals surface area (Å²) in [6.45, 7) is 8.35. The first-order valence-corrected chi connectivity index (χ1v) is 18.1. The molecule has 2 atom stereocenters. The van der Waals surface area contributed by atoms with E-state index in [1.165, 1.54) is 29.0 Å². The molecule has 1 unspecified atom stereocenters. The normalized spacial score (nSPS) is 19.0. The lowest BCUT2D eigenvalue weighted by atomic mass is 10.1. The van der Waals surface area contributed by atoms with E-state index < -0.39 is 34.1 Å². The average Bonchev–Trinajstić information content (AvgIpc) is 3.65. The maximum atomic E-state index is 16.0. The van der Waals surface area contributed by atoms with Crippen LogP contribution in [0.5, 0.6) is 5.75 Å². The number of piperazine rings is 2. The summed E-state index contributed by atoms with van der Waals surface area (Å²) in [5.41, 5.74) is -0.513. The van der Waals surface area contributed by atoms with Crippen LogP contribution in [0.15, 0.2) is 62.8 Å². The molecule has 3 aliphatic heterocycles. The fraction of sp³-hybridized carbons (Fsp3) is 0.333. The van der Waals surface area contributed by atoms with Gasteiger partial charge in [0, 0.05) is 75.7 Å². The number of hydrogen-bond donors (Lipinski definition) is 1. The van der Waals surface area contributed by atoms with Gasteiger partial charge in [0.25, 0.3) is 11.8 Å². The van der Waals surface area contributed by atoms with Gasteiger partial charge in [-0.05, 0) is 51.2 Å². The van der Waals surface area contributed by atoms with Crippen LogP contribution in [0, 0.1) is 23.3 Å². The van der Waals surface area contributed by atoms with Crippen LogP contribution >= 0.6 is 0 Å².